The standard InChI is InChI=1S/C11H18N6O2/c1-6-8(10(13)19)11(16(2)15-6)17-4-3-14-5-7(17)9(12)18/h7,14H,3-5H2,1-2H3,(H2,12,18)(H2,13,19). The summed E-state index contributed by atoms with van der Waals surface area (Å²) >= 11 is 0. The first-order valence-electron chi connectivity index (χ1n) is 6.03. The molecule has 19 heavy (non-hydrogen) atoms. The molecule has 1 aliphatic heterocycles. The fourth-order valence-electron chi connectivity index (χ4n) is 2.48. The van der Waals surface area contributed by atoms with Crippen molar-refractivity contribution in [1.29, 1.82) is 0 Å². The molecule has 5 N–H and O–H groups in total. The van der Waals surface area contributed by atoms with E-state index in [-0.39, 0.29) is 0 Å². The molecule has 1 atom stereocenters. The normalized spacial score (nSPS) is 19.5. The summed E-state index contributed by atoms with van der Waals surface area (Å²) in [6.45, 7) is 3.42. The van der Waals surface area contributed by atoms with E-state index in [0.29, 0.717) is 36.7 Å². The van der Waals surface area contributed by atoms with Crippen LogP contribution < -0.4 is 21.7 Å². The molecule has 0 radical (unpaired) electrons. The van der Waals surface area contributed by atoms with Crippen LogP contribution in [0.5, 0.6) is 0 Å². The van der Waals surface area contributed by atoms with E-state index in [2.05, 4.69) is 10.4 Å². The minimum atomic E-state index is -0.553. The van der Waals surface area contributed by atoms with E-state index in [1.807, 2.05) is 0 Å². The van der Waals surface area contributed by atoms with Crippen LogP contribution >= 0.6 is 0 Å². The van der Waals surface area contributed by atoms with Gasteiger partial charge in [0.1, 0.15) is 17.4 Å². The highest BCUT2D eigenvalue weighted by atomic mass is 16.2. The molecule has 1 saturated heterocycles. The Kier molecular flexibility index (Phi) is 3.43. The summed E-state index contributed by atoms with van der Waals surface area (Å²) in [7, 11) is 1.72. The molecule has 104 valence electrons. The maximum atomic E-state index is 11.6. The van der Waals surface area contributed by atoms with Gasteiger partial charge in [-0.25, -0.2) is 0 Å². The average molecular weight is 266 g/mol. The predicted octanol–water partition coefficient (Wildman–Crippen LogP) is -1.91. The Morgan fingerprint density at radius 1 is 1.42 bits per heavy atom. The lowest BCUT2D eigenvalue weighted by Gasteiger charge is -2.36. The Hall–Kier alpha value is -2.09. The van der Waals surface area contributed by atoms with Gasteiger partial charge in [0.2, 0.25) is 5.91 Å². The fourth-order valence-corrected chi connectivity index (χ4v) is 2.48. The van der Waals surface area contributed by atoms with Crippen LogP contribution in [0.3, 0.4) is 0 Å². The number of nitrogens with two attached hydrogens (primary N) is 2. The molecule has 1 aromatic heterocycles. The molecule has 0 aliphatic carbocycles. The van der Waals surface area contributed by atoms with Crippen LogP contribution in [0.4, 0.5) is 5.82 Å². The van der Waals surface area contributed by atoms with Crippen LogP contribution in [-0.2, 0) is 11.8 Å². The van der Waals surface area contributed by atoms with Gasteiger partial charge in [0.05, 0.1) is 5.69 Å². The number of hydrogen-bond acceptors (Lipinski definition) is 5. The number of aromatic nitrogens is 2. The van der Waals surface area contributed by atoms with E-state index >= 15 is 0 Å². The molecular weight excluding hydrogens is 248 g/mol. The Morgan fingerprint density at radius 2 is 2.11 bits per heavy atom. The van der Waals surface area contributed by atoms with Gasteiger partial charge in [-0.2, -0.15) is 5.10 Å². The van der Waals surface area contributed by atoms with Crippen molar-refractivity contribution in [3.05, 3.63) is 11.3 Å². The second-order valence-corrected chi connectivity index (χ2v) is 4.59. The molecule has 0 saturated carbocycles. The van der Waals surface area contributed by atoms with Crippen LogP contribution in [0, 0.1) is 6.92 Å². The lowest BCUT2D eigenvalue weighted by Crippen LogP contribution is -2.58. The molecule has 2 amide bonds. The summed E-state index contributed by atoms with van der Waals surface area (Å²) in [6.07, 6.45) is 0. The zero-order chi connectivity index (χ0) is 14.2. The van der Waals surface area contributed by atoms with Crippen LogP contribution in [0.1, 0.15) is 16.1 Å². The molecule has 0 bridgehead atoms. The number of amides is 2. The highest BCUT2D eigenvalue weighted by Gasteiger charge is 2.32. The van der Waals surface area contributed by atoms with Gasteiger partial charge in [0.25, 0.3) is 5.91 Å². The largest absolute Gasteiger partial charge is 0.368 e. The number of primary amides is 2. The van der Waals surface area contributed by atoms with Gasteiger partial charge in [-0.1, -0.05) is 0 Å². The van der Waals surface area contributed by atoms with Crippen molar-refractivity contribution in [1.82, 2.24) is 15.1 Å². The Bertz CT molecular complexity index is 524. The van der Waals surface area contributed by atoms with Crippen molar-refractivity contribution in [2.75, 3.05) is 24.5 Å². The molecule has 8 nitrogen and oxygen atoms in total. The summed E-state index contributed by atoms with van der Waals surface area (Å²) in [5.41, 5.74) is 11.7. The number of anilines is 1. The highest BCUT2D eigenvalue weighted by Crippen LogP contribution is 2.25. The molecule has 0 aromatic carbocycles. The molecule has 2 heterocycles. The smallest absolute Gasteiger partial charge is 0.254 e. The van der Waals surface area contributed by atoms with Gasteiger partial charge in [-0.05, 0) is 6.92 Å². The highest BCUT2D eigenvalue weighted by molar-refractivity contribution is 6.00. The quantitative estimate of drug-likeness (QED) is 0.590. The van der Waals surface area contributed by atoms with Crippen LogP contribution in [0.25, 0.3) is 0 Å². The third-order valence-electron chi connectivity index (χ3n) is 3.28. The number of carbonyl (C=O) groups is 2. The van der Waals surface area contributed by atoms with Crippen molar-refractivity contribution in [3.63, 3.8) is 0 Å². The van der Waals surface area contributed by atoms with Gasteiger partial charge in [-0.15, -0.1) is 0 Å². The van der Waals surface area contributed by atoms with E-state index in [9.17, 15) is 9.59 Å². The zero-order valence-corrected chi connectivity index (χ0v) is 11.0. The number of piperazine rings is 1. The van der Waals surface area contributed by atoms with Gasteiger partial charge >= 0.3 is 0 Å². The molecule has 1 aliphatic rings. The molecule has 0 spiro atoms. The summed E-state index contributed by atoms with van der Waals surface area (Å²) in [6, 6.07) is -0.512. The van der Waals surface area contributed by atoms with Crippen molar-refractivity contribution >= 4 is 17.6 Å². The number of carbonyl (C=O) groups excluding carboxylic acids is 2. The lowest BCUT2D eigenvalue weighted by molar-refractivity contribution is -0.119. The van der Waals surface area contributed by atoms with Crippen LogP contribution in [0.2, 0.25) is 0 Å². The minimum Gasteiger partial charge on any atom is -0.368 e. The van der Waals surface area contributed by atoms with E-state index < -0.39 is 17.9 Å². The Balaban J connectivity index is 2.50. The topological polar surface area (TPSA) is 119 Å². The van der Waals surface area contributed by atoms with Crippen molar-refractivity contribution in [2.24, 2.45) is 18.5 Å². The lowest BCUT2D eigenvalue weighted by atomic mass is 10.1. The van der Waals surface area contributed by atoms with Crippen LogP contribution in [-0.4, -0.2) is 47.3 Å². The second kappa shape index (κ2) is 4.88. The summed E-state index contributed by atoms with van der Waals surface area (Å²) in [4.78, 5) is 24.9. The maximum Gasteiger partial charge on any atom is 0.254 e. The monoisotopic (exact) mass is 266 g/mol. The van der Waals surface area contributed by atoms with Crippen molar-refractivity contribution in [3.8, 4) is 0 Å². The SMILES string of the molecule is Cc1nn(C)c(N2CCNCC2C(N)=O)c1C(N)=O. The van der Waals surface area contributed by atoms with Gasteiger partial charge < -0.3 is 21.7 Å². The number of rotatable bonds is 3. The van der Waals surface area contributed by atoms with Gasteiger partial charge in [-0.3, -0.25) is 14.3 Å². The maximum absolute atomic E-state index is 11.6. The summed E-state index contributed by atoms with van der Waals surface area (Å²) in [5, 5.41) is 7.31. The average Bonchev–Trinajstić information content (AvgIpc) is 2.64. The number of nitrogens with one attached hydrogen (secondary N) is 1. The molecule has 1 fully saturated rings. The molecule has 1 unspecified atom stereocenters. The minimum absolute atomic E-state index is 0.343. The fraction of sp³-hybridized carbons (Fsp3) is 0.545. The Morgan fingerprint density at radius 3 is 2.68 bits per heavy atom. The Labute approximate surface area is 110 Å². The molecule has 2 rings (SSSR count). The number of aryl methyl sites for hydroxylation is 2. The van der Waals surface area contributed by atoms with Gasteiger partial charge in [0, 0.05) is 26.7 Å². The number of hydrogen-bond donors (Lipinski definition) is 3. The summed E-state index contributed by atoms with van der Waals surface area (Å²) < 4.78 is 1.57. The van der Waals surface area contributed by atoms with Crippen molar-refractivity contribution in [2.45, 2.75) is 13.0 Å². The first kappa shape index (κ1) is 13.3. The van der Waals surface area contributed by atoms with E-state index in [1.165, 1.54) is 0 Å². The third kappa shape index (κ3) is 2.26. The third-order valence-corrected chi connectivity index (χ3v) is 3.28. The first-order chi connectivity index (χ1) is 8.93. The summed E-state index contributed by atoms with van der Waals surface area (Å²) in [5.74, 6) is -0.445. The zero-order valence-electron chi connectivity index (χ0n) is 11.0. The van der Waals surface area contributed by atoms with E-state index in [4.69, 9.17) is 11.5 Å². The molecule has 8 heteroatoms. The van der Waals surface area contributed by atoms with Gasteiger partial charge in [0.15, 0.2) is 0 Å². The number of nitrogens with zero attached hydrogens (tertiary/aromatic N) is 3. The van der Waals surface area contributed by atoms with Crippen LogP contribution in [0.15, 0.2) is 0 Å². The van der Waals surface area contributed by atoms with E-state index in [1.54, 1.807) is 23.6 Å². The predicted molar refractivity (Wildman–Crippen MR) is 69.7 cm³/mol. The molecular formula is C11H18N6O2. The first-order valence-corrected chi connectivity index (χ1v) is 6.03. The van der Waals surface area contributed by atoms with Crippen molar-refractivity contribution < 1.29 is 9.59 Å². The molecule has 1 aromatic rings. The second-order valence-electron chi connectivity index (χ2n) is 4.59. The van der Waals surface area contributed by atoms with E-state index in [0.717, 1.165) is 0 Å².